The SMILES string of the molecule is CCCc1ccccc1OCCC(C)C. The van der Waals surface area contributed by atoms with Crippen molar-refractivity contribution < 1.29 is 4.74 Å². The second-order valence-electron chi connectivity index (χ2n) is 4.39. The second-order valence-corrected chi connectivity index (χ2v) is 4.39. The van der Waals surface area contributed by atoms with Crippen LogP contribution in [-0.2, 0) is 6.42 Å². The molecule has 1 heteroatoms. The van der Waals surface area contributed by atoms with Crippen LogP contribution in [-0.4, -0.2) is 6.61 Å². The minimum atomic E-state index is 0.711. The maximum atomic E-state index is 5.80. The second kappa shape index (κ2) is 6.49. The highest BCUT2D eigenvalue weighted by atomic mass is 16.5. The Balaban J connectivity index is 2.51. The molecule has 1 nitrogen and oxygen atoms in total. The molecule has 1 aromatic rings. The molecule has 0 unspecified atom stereocenters. The molecule has 0 fully saturated rings. The Bertz CT molecular complexity index is 278. The van der Waals surface area contributed by atoms with Gasteiger partial charge in [0.05, 0.1) is 6.61 Å². The van der Waals surface area contributed by atoms with Gasteiger partial charge in [-0.3, -0.25) is 0 Å². The van der Waals surface area contributed by atoms with E-state index in [9.17, 15) is 0 Å². The summed E-state index contributed by atoms with van der Waals surface area (Å²) in [6, 6.07) is 8.36. The summed E-state index contributed by atoms with van der Waals surface area (Å²) in [4.78, 5) is 0. The van der Waals surface area contributed by atoms with Crippen LogP contribution in [0.2, 0.25) is 0 Å². The van der Waals surface area contributed by atoms with Crippen molar-refractivity contribution in [2.24, 2.45) is 5.92 Å². The number of para-hydroxylation sites is 1. The average molecular weight is 206 g/mol. The van der Waals surface area contributed by atoms with Crippen LogP contribution in [0.3, 0.4) is 0 Å². The van der Waals surface area contributed by atoms with Crippen LogP contribution in [0.4, 0.5) is 0 Å². The van der Waals surface area contributed by atoms with Crippen molar-refractivity contribution in [3.8, 4) is 5.75 Å². The lowest BCUT2D eigenvalue weighted by molar-refractivity contribution is 0.287. The van der Waals surface area contributed by atoms with Crippen molar-refractivity contribution in [2.45, 2.75) is 40.0 Å². The molecule has 0 saturated carbocycles. The molecular formula is C14H22O. The zero-order valence-electron chi connectivity index (χ0n) is 10.1. The fraction of sp³-hybridized carbons (Fsp3) is 0.571. The quantitative estimate of drug-likeness (QED) is 0.682. The summed E-state index contributed by atoms with van der Waals surface area (Å²) < 4.78 is 5.80. The van der Waals surface area contributed by atoms with Crippen LogP contribution >= 0.6 is 0 Å². The summed E-state index contributed by atoms with van der Waals surface area (Å²) in [6.07, 6.45) is 3.41. The minimum Gasteiger partial charge on any atom is -0.493 e. The van der Waals surface area contributed by atoms with Crippen molar-refractivity contribution in [3.63, 3.8) is 0 Å². The summed E-state index contributed by atoms with van der Waals surface area (Å²) in [6.45, 7) is 7.48. The molecule has 0 aliphatic carbocycles. The molecule has 0 N–H and O–H groups in total. The first-order chi connectivity index (χ1) is 7.24. The monoisotopic (exact) mass is 206 g/mol. The van der Waals surface area contributed by atoms with E-state index in [2.05, 4.69) is 39.0 Å². The molecule has 0 radical (unpaired) electrons. The first-order valence-electron chi connectivity index (χ1n) is 5.94. The largest absolute Gasteiger partial charge is 0.493 e. The van der Waals surface area contributed by atoms with E-state index in [4.69, 9.17) is 4.74 Å². The van der Waals surface area contributed by atoms with Gasteiger partial charge in [0.2, 0.25) is 0 Å². The van der Waals surface area contributed by atoms with E-state index in [1.54, 1.807) is 0 Å². The lowest BCUT2D eigenvalue weighted by Crippen LogP contribution is -2.03. The topological polar surface area (TPSA) is 9.23 Å². The fourth-order valence-electron chi connectivity index (χ4n) is 1.53. The Labute approximate surface area is 93.5 Å². The van der Waals surface area contributed by atoms with Crippen molar-refractivity contribution in [2.75, 3.05) is 6.61 Å². The van der Waals surface area contributed by atoms with Crippen LogP contribution in [0, 0.1) is 5.92 Å². The van der Waals surface area contributed by atoms with Gasteiger partial charge in [0.25, 0.3) is 0 Å². The predicted octanol–water partition coefficient (Wildman–Crippen LogP) is 4.06. The van der Waals surface area contributed by atoms with Gasteiger partial charge in [-0.25, -0.2) is 0 Å². The standard InChI is InChI=1S/C14H22O/c1-4-7-13-8-5-6-9-14(13)15-11-10-12(2)3/h5-6,8-9,12H,4,7,10-11H2,1-3H3. The Morgan fingerprint density at radius 1 is 1.20 bits per heavy atom. The van der Waals surface area contributed by atoms with Gasteiger partial charge in [0, 0.05) is 0 Å². The Morgan fingerprint density at radius 3 is 2.60 bits per heavy atom. The number of ether oxygens (including phenoxy) is 1. The van der Waals surface area contributed by atoms with Crippen molar-refractivity contribution in [1.82, 2.24) is 0 Å². The molecule has 0 atom stereocenters. The zero-order valence-corrected chi connectivity index (χ0v) is 10.1. The minimum absolute atomic E-state index is 0.711. The Morgan fingerprint density at radius 2 is 1.93 bits per heavy atom. The average Bonchev–Trinajstić information content (AvgIpc) is 2.20. The number of hydrogen-bond donors (Lipinski definition) is 0. The Hall–Kier alpha value is -0.980. The van der Waals surface area contributed by atoms with Crippen LogP contribution in [0.25, 0.3) is 0 Å². The molecule has 0 amide bonds. The first kappa shape index (κ1) is 12.1. The molecule has 1 aromatic carbocycles. The molecule has 0 aliphatic heterocycles. The van der Waals surface area contributed by atoms with Gasteiger partial charge < -0.3 is 4.74 Å². The van der Waals surface area contributed by atoms with Crippen molar-refractivity contribution >= 4 is 0 Å². The fourth-order valence-corrected chi connectivity index (χ4v) is 1.53. The van der Waals surface area contributed by atoms with E-state index in [1.807, 2.05) is 6.07 Å². The van der Waals surface area contributed by atoms with E-state index in [-0.39, 0.29) is 0 Å². The summed E-state index contributed by atoms with van der Waals surface area (Å²) in [5.74, 6) is 1.78. The highest BCUT2D eigenvalue weighted by molar-refractivity contribution is 5.33. The normalized spacial score (nSPS) is 10.7. The molecule has 84 valence electrons. The van der Waals surface area contributed by atoms with Gasteiger partial charge in [-0.15, -0.1) is 0 Å². The third kappa shape index (κ3) is 4.37. The highest BCUT2D eigenvalue weighted by Crippen LogP contribution is 2.19. The van der Waals surface area contributed by atoms with Gasteiger partial charge in [0.1, 0.15) is 5.75 Å². The van der Waals surface area contributed by atoms with E-state index in [0.717, 1.165) is 25.2 Å². The molecule has 1 rings (SSSR count). The van der Waals surface area contributed by atoms with E-state index >= 15 is 0 Å². The maximum absolute atomic E-state index is 5.80. The molecular weight excluding hydrogens is 184 g/mol. The molecule has 0 saturated heterocycles. The lowest BCUT2D eigenvalue weighted by atomic mass is 10.1. The van der Waals surface area contributed by atoms with Gasteiger partial charge in [-0.1, -0.05) is 45.4 Å². The van der Waals surface area contributed by atoms with E-state index in [1.165, 1.54) is 12.0 Å². The predicted molar refractivity (Wildman–Crippen MR) is 65.4 cm³/mol. The molecule has 0 spiro atoms. The summed E-state index contributed by atoms with van der Waals surface area (Å²) in [5, 5.41) is 0. The number of aryl methyl sites for hydroxylation is 1. The summed E-state index contributed by atoms with van der Waals surface area (Å²) in [5.41, 5.74) is 1.34. The van der Waals surface area contributed by atoms with Gasteiger partial charge in [0.15, 0.2) is 0 Å². The maximum Gasteiger partial charge on any atom is 0.122 e. The molecule has 0 aliphatic rings. The summed E-state index contributed by atoms with van der Waals surface area (Å²) >= 11 is 0. The molecule has 0 bridgehead atoms. The van der Waals surface area contributed by atoms with Crippen LogP contribution in [0.1, 0.15) is 39.2 Å². The third-order valence-electron chi connectivity index (χ3n) is 2.44. The molecule has 0 aromatic heterocycles. The zero-order chi connectivity index (χ0) is 11.1. The number of rotatable bonds is 6. The highest BCUT2D eigenvalue weighted by Gasteiger charge is 2.02. The van der Waals surface area contributed by atoms with Crippen LogP contribution in [0.5, 0.6) is 5.75 Å². The summed E-state index contributed by atoms with van der Waals surface area (Å²) in [7, 11) is 0. The Kier molecular flexibility index (Phi) is 5.23. The lowest BCUT2D eigenvalue weighted by Gasteiger charge is -2.11. The van der Waals surface area contributed by atoms with Crippen molar-refractivity contribution in [1.29, 1.82) is 0 Å². The van der Waals surface area contributed by atoms with Crippen LogP contribution < -0.4 is 4.74 Å². The molecule has 15 heavy (non-hydrogen) atoms. The van der Waals surface area contributed by atoms with Gasteiger partial charge in [-0.2, -0.15) is 0 Å². The van der Waals surface area contributed by atoms with E-state index < -0.39 is 0 Å². The third-order valence-corrected chi connectivity index (χ3v) is 2.44. The van der Waals surface area contributed by atoms with E-state index in [0.29, 0.717) is 5.92 Å². The van der Waals surface area contributed by atoms with Crippen LogP contribution in [0.15, 0.2) is 24.3 Å². The molecule has 0 heterocycles. The number of benzene rings is 1. The first-order valence-corrected chi connectivity index (χ1v) is 5.94. The van der Waals surface area contributed by atoms with Gasteiger partial charge in [-0.05, 0) is 30.4 Å². The van der Waals surface area contributed by atoms with Crippen molar-refractivity contribution in [3.05, 3.63) is 29.8 Å². The van der Waals surface area contributed by atoms with Gasteiger partial charge >= 0.3 is 0 Å². The smallest absolute Gasteiger partial charge is 0.122 e. The number of hydrogen-bond acceptors (Lipinski definition) is 1.